The number of hydrogen-bond acceptors (Lipinski definition) is 3. The van der Waals surface area contributed by atoms with Crippen LogP contribution in [0.2, 0.25) is 0 Å². The second-order valence-corrected chi connectivity index (χ2v) is 9.02. The van der Waals surface area contributed by atoms with Crippen LogP contribution >= 0.6 is 0 Å². The van der Waals surface area contributed by atoms with Crippen molar-refractivity contribution < 1.29 is 9.53 Å². The Bertz CT molecular complexity index is 472. The van der Waals surface area contributed by atoms with Gasteiger partial charge in [-0.05, 0) is 65.3 Å². The largest absolute Gasteiger partial charge is 0.455 e. The minimum absolute atomic E-state index is 0.151. The van der Waals surface area contributed by atoms with Crippen molar-refractivity contribution >= 4 is 5.97 Å². The molecule has 0 amide bonds. The molecule has 1 aliphatic carbocycles. The molecule has 0 spiro atoms. The van der Waals surface area contributed by atoms with E-state index in [1.165, 1.54) is 6.42 Å². The summed E-state index contributed by atoms with van der Waals surface area (Å²) in [7, 11) is 2.21. The summed E-state index contributed by atoms with van der Waals surface area (Å²) in [5.41, 5.74) is 0.553. The fourth-order valence-electron chi connectivity index (χ4n) is 4.37. The van der Waals surface area contributed by atoms with E-state index in [0.717, 1.165) is 38.6 Å². The van der Waals surface area contributed by atoms with Crippen molar-refractivity contribution in [1.29, 1.82) is 0 Å². The molecule has 0 aromatic heterocycles. The van der Waals surface area contributed by atoms with Crippen molar-refractivity contribution in [2.45, 2.75) is 84.3 Å². The van der Waals surface area contributed by atoms with Gasteiger partial charge in [-0.25, -0.2) is 4.79 Å². The molecule has 2 fully saturated rings. The van der Waals surface area contributed by atoms with Crippen LogP contribution in [0.15, 0.2) is 12.2 Å². The number of carbonyl (C=O) groups excluding carboxylic acids is 1. The van der Waals surface area contributed by atoms with Gasteiger partial charge in [0.15, 0.2) is 0 Å². The van der Waals surface area contributed by atoms with E-state index < -0.39 is 0 Å². The standard InChI is InChI=1S/C20H35NO2/c1-15(2)17(22)23-20(11-9-8-10-12-20)16-13-18(3,4)19(5,6)21(7)14-16/h16H,1,8-14H2,2-7H3. The maximum atomic E-state index is 12.3. The second kappa shape index (κ2) is 6.23. The Morgan fingerprint density at radius 3 is 2.17 bits per heavy atom. The molecule has 0 bridgehead atoms. The third-order valence-electron chi connectivity index (χ3n) is 6.95. The van der Waals surface area contributed by atoms with Gasteiger partial charge >= 0.3 is 5.97 Å². The first-order chi connectivity index (χ1) is 10.5. The molecule has 1 atom stereocenters. The Kier molecular flexibility index (Phi) is 5.02. The smallest absolute Gasteiger partial charge is 0.333 e. The van der Waals surface area contributed by atoms with Crippen molar-refractivity contribution in [3.05, 3.63) is 12.2 Å². The van der Waals surface area contributed by atoms with Gasteiger partial charge in [0.1, 0.15) is 5.60 Å². The van der Waals surface area contributed by atoms with Crippen LogP contribution in [0.1, 0.15) is 73.1 Å². The van der Waals surface area contributed by atoms with E-state index in [0.29, 0.717) is 11.5 Å². The molecule has 1 saturated carbocycles. The van der Waals surface area contributed by atoms with E-state index in [9.17, 15) is 4.79 Å². The maximum absolute atomic E-state index is 12.3. The molecule has 2 aliphatic rings. The molecule has 3 heteroatoms. The average Bonchev–Trinajstić information content (AvgIpc) is 2.45. The van der Waals surface area contributed by atoms with E-state index in [2.05, 4.69) is 46.2 Å². The summed E-state index contributed by atoms with van der Waals surface area (Å²) in [5.74, 6) is 0.191. The number of likely N-dealkylation sites (tertiary alicyclic amines) is 1. The summed E-state index contributed by atoms with van der Waals surface area (Å²) in [6.07, 6.45) is 6.68. The predicted molar refractivity (Wildman–Crippen MR) is 95.3 cm³/mol. The van der Waals surface area contributed by atoms with E-state index in [-0.39, 0.29) is 22.5 Å². The Balaban J connectivity index is 2.29. The zero-order valence-corrected chi connectivity index (χ0v) is 16.0. The van der Waals surface area contributed by atoms with Crippen LogP contribution in [0.4, 0.5) is 0 Å². The first kappa shape index (κ1) is 18.5. The Morgan fingerprint density at radius 1 is 1.13 bits per heavy atom. The molecule has 132 valence electrons. The Morgan fingerprint density at radius 2 is 1.70 bits per heavy atom. The number of piperidine rings is 1. The molecule has 3 nitrogen and oxygen atoms in total. The lowest BCUT2D eigenvalue weighted by molar-refractivity contribution is -0.179. The highest BCUT2D eigenvalue weighted by molar-refractivity contribution is 5.87. The molecule has 23 heavy (non-hydrogen) atoms. The van der Waals surface area contributed by atoms with Crippen molar-refractivity contribution in [2.24, 2.45) is 11.3 Å². The second-order valence-electron chi connectivity index (χ2n) is 9.02. The molecule has 0 N–H and O–H groups in total. The van der Waals surface area contributed by atoms with Crippen LogP contribution in [-0.2, 0) is 9.53 Å². The number of ether oxygens (including phenoxy) is 1. The number of esters is 1. The first-order valence-electron chi connectivity index (χ1n) is 9.12. The zero-order valence-electron chi connectivity index (χ0n) is 16.0. The topological polar surface area (TPSA) is 29.5 Å². The predicted octanol–water partition coefficient (Wildman–Crippen LogP) is 4.57. The normalized spacial score (nSPS) is 29.7. The summed E-state index contributed by atoms with van der Waals surface area (Å²) in [6, 6.07) is 0. The molecular weight excluding hydrogens is 286 g/mol. The summed E-state index contributed by atoms with van der Waals surface area (Å²) < 4.78 is 6.12. The minimum atomic E-state index is -0.295. The van der Waals surface area contributed by atoms with Crippen molar-refractivity contribution in [3.8, 4) is 0 Å². The van der Waals surface area contributed by atoms with Crippen molar-refractivity contribution in [2.75, 3.05) is 13.6 Å². The van der Waals surface area contributed by atoms with Crippen LogP contribution in [0, 0.1) is 11.3 Å². The minimum Gasteiger partial charge on any atom is -0.455 e. The quantitative estimate of drug-likeness (QED) is 0.563. The van der Waals surface area contributed by atoms with Gasteiger partial charge in [0.25, 0.3) is 0 Å². The number of nitrogens with zero attached hydrogens (tertiary/aromatic N) is 1. The van der Waals surface area contributed by atoms with Crippen LogP contribution < -0.4 is 0 Å². The van der Waals surface area contributed by atoms with E-state index in [1.54, 1.807) is 6.92 Å². The number of rotatable bonds is 3. The lowest BCUT2D eigenvalue weighted by atomic mass is 9.60. The summed E-state index contributed by atoms with van der Waals surface area (Å²) >= 11 is 0. The highest BCUT2D eigenvalue weighted by atomic mass is 16.6. The Hall–Kier alpha value is -0.830. The third-order valence-corrected chi connectivity index (χ3v) is 6.95. The van der Waals surface area contributed by atoms with E-state index >= 15 is 0 Å². The van der Waals surface area contributed by atoms with Crippen molar-refractivity contribution in [3.63, 3.8) is 0 Å². The lowest BCUT2D eigenvalue weighted by Crippen LogP contribution is -2.63. The molecular formula is C20H35NO2. The molecule has 1 aliphatic heterocycles. The van der Waals surface area contributed by atoms with Crippen LogP contribution in [0.3, 0.4) is 0 Å². The average molecular weight is 322 g/mol. The highest BCUT2D eigenvalue weighted by Crippen LogP contribution is 2.51. The molecule has 0 aromatic carbocycles. The summed E-state index contributed by atoms with van der Waals surface area (Å²) in [4.78, 5) is 14.8. The summed E-state index contributed by atoms with van der Waals surface area (Å²) in [6.45, 7) is 15.9. The molecule has 0 radical (unpaired) electrons. The molecule has 1 heterocycles. The molecule has 0 aromatic rings. The molecule has 1 unspecified atom stereocenters. The number of carbonyl (C=O) groups is 1. The van der Waals surface area contributed by atoms with E-state index in [1.807, 2.05) is 0 Å². The monoisotopic (exact) mass is 321 g/mol. The van der Waals surface area contributed by atoms with Gasteiger partial charge in [-0.1, -0.05) is 26.8 Å². The van der Waals surface area contributed by atoms with Crippen LogP contribution in [0.25, 0.3) is 0 Å². The van der Waals surface area contributed by atoms with Crippen LogP contribution in [0.5, 0.6) is 0 Å². The molecule has 1 saturated heterocycles. The fourth-order valence-corrected chi connectivity index (χ4v) is 4.37. The number of hydrogen-bond donors (Lipinski definition) is 0. The third kappa shape index (κ3) is 3.35. The van der Waals surface area contributed by atoms with Gasteiger partial charge in [-0.2, -0.15) is 0 Å². The van der Waals surface area contributed by atoms with Gasteiger partial charge in [-0.15, -0.1) is 0 Å². The van der Waals surface area contributed by atoms with Gasteiger partial charge < -0.3 is 9.64 Å². The van der Waals surface area contributed by atoms with Gasteiger partial charge in [0.05, 0.1) is 0 Å². The maximum Gasteiger partial charge on any atom is 0.333 e. The van der Waals surface area contributed by atoms with Crippen molar-refractivity contribution in [1.82, 2.24) is 4.90 Å². The van der Waals surface area contributed by atoms with Gasteiger partial charge in [0.2, 0.25) is 0 Å². The van der Waals surface area contributed by atoms with Gasteiger partial charge in [0, 0.05) is 23.6 Å². The van der Waals surface area contributed by atoms with Gasteiger partial charge in [-0.3, -0.25) is 0 Å². The molecule has 2 rings (SSSR count). The summed E-state index contributed by atoms with van der Waals surface area (Å²) in [5, 5.41) is 0. The Labute approximate surface area is 142 Å². The first-order valence-corrected chi connectivity index (χ1v) is 9.12. The fraction of sp³-hybridized carbons (Fsp3) is 0.850. The van der Waals surface area contributed by atoms with Crippen LogP contribution in [-0.4, -0.2) is 35.6 Å². The zero-order chi connectivity index (χ0) is 17.5. The highest BCUT2D eigenvalue weighted by Gasteiger charge is 2.53. The SMILES string of the molecule is C=C(C)C(=O)OC1(C2CN(C)C(C)(C)C(C)(C)C2)CCCCC1. The lowest BCUT2D eigenvalue weighted by Gasteiger charge is -2.58. The van der Waals surface area contributed by atoms with E-state index in [4.69, 9.17) is 4.74 Å².